The SMILES string of the molecule is C=C(CCCC(=O)NCCNC(=O)CCOCCOCCNC(=O)CCN1C(=O)C=CC1=O)OCC(OC)OC(CC)CO.CCC(CO)OC(CO)OC.CCC(CO)OC(COC(=O)CCCC(=O)O)OC. The summed E-state index contributed by atoms with van der Waals surface area (Å²) in [4.78, 5) is 81.1. The van der Waals surface area contributed by atoms with Crippen molar-refractivity contribution in [3.05, 3.63) is 24.5 Å². The lowest BCUT2D eigenvalue weighted by Crippen LogP contribution is -2.35. The molecule has 0 bridgehead atoms. The molecule has 430 valence electrons. The van der Waals surface area contributed by atoms with E-state index >= 15 is 0 Å². The number of aliphatic hydroxyl groups excluding tert-OH is 4. The lowest BCUT2D eigenvalue weighted by atomic mass is 10.2. The molecular weight excluding hydrogens is 985 g/mol. The third kappa shape index (κ3) is 39.7. The summed E-state index contributed by atoms with van der Waals surface area (Å²) in [6.07, 6.45) is 3.11. The van der Waals surface area contributed by atoms with Gasteiger partial charge >= 0.3 is 11.9 Å². The number of carboxylic acid groups (broad SMARTS) is 1. The van der Waals surface area contributed by atoms with E-state index in [2.05, 4.69) is 22.5 Å². The quantitative estimate of drug-likeness (QED) is 0.0129. The van der Waals surface area contributed by atoms with Gasteiger partial charge in [-0.25, -0.2) is 0 Å². The van der Waals surface area contributed by atoms with E-state index in [0.29, 0.717) is 51.0 Å². The predicted octanol–water partition coefficient (Wildman–Crippen LogP) is -0.183. The molecule has 6 unspecified atom stereocenters. The number of hydrogen-bond donors (Lipinski definition) is 8. The number of amides is 5. The number of carbonyl (C=O) groups is 7. The Kier molecular flexibility index (Phi) is 46.3. The van der Waals surface area contributed by atoms with E-state index in [9.17, 15) is 38.7 Å². The fourth-order valence-corrected chi connectivity index (χ4v) is 5.55. The van der Waals surface area contributed by atoms with Crippen LogP contribution >= 0.6 is 0 Å². The number of imide groups is 1. The summed E-state index contributed by atoms with van der Waals surface area (Å²) in [5.41, 5.74) is 0. The summed E-state index contributed by atoms with van der Waals surface area (Å²) >= 11 is 0. The Morgan fingerprint density at radius 2 is 1.00 bits per heavy atom. The molecule has 6 atom stereocenters. The van der Waals surface area contributed by atoms with Crippen molar-refractivity contribution in [3.63, 3.8) is 0 Å². The average molecular weight is 1070 g/mol. The molecule has 0 fully saturated rings. The van der Waals surface area contributed by atoms with Crippen molar-refractivity contribution in [2.24, 2.45) is 0 Å². The minimum absolute atomic E-state index is 0.0178. The van der Waals surface area contributed by atoms with Crippen molar-refractivity contribution in [2.45, 2.75) is 129 Å². The molecular formula is C48H86N4O22. The number of carboxylic acids is 1. The summed E-state index contributed by atoms with van der Waals surface area (Å²) < 4.78 is 52.1. The smallest absolute Gasteiger partial charge is 0.305 e. The van der Waals surface area contributed by atoms with Gasteiger partial charge in [-0.05, 0) is 32.1 Å². The zero-order valence-electron chi connectivity index (χ0n) is 44.1. The summed E-state index contributed by atoms with van der Waals surface area (Å²) in [5, 5.41) is 52.0. The monoisotopic (exact) mass is 1070 g/mol. The molecule has 0 saturated carbocycles. The molecule has 1 aliphatic heterocycles. The zero-order valence-corrected chi connectivity index (χ0v) is 44.1. The molecule has 1 heterocycles. The van der Waals surface area contributed by atoms with Gasteiger partial charge in [-0.3, -0.25) is 38.5 Å². The molecule has 74 heavy (non-hydrogen) atoms. The first-order valence-corrected chi connectivity index (χ1v) is 24.7. The highest BCUT2D eigenvalue weighted by molar-refractivity contribution is 6.13. The number of esters is 1. The molecule has 0 spiro atoms. The lowest BCUT2D eigenvalue weighted by molar-refractivity contribution is -0.194. The number of nitrogens with zero attached hydrogens (tertiary/aromatic N) is 1. The third-order valence-corrected chi connectivity index (χ3v) is 10.0. The van der Waals surface area contributed by atoms with Gasteiger partial charge in [0.1, 0.15) is 13.2 Å². The van der Waals surface area contributed by atoms with Crippen molar-refractivity contribution in [1.29, 1.82) is 0 Å². The highest BCUT2D eigenvalue weighted by Crippen LogP contribution is 2.11. The van der Waals surface area contributed by atoms with E-state index < -0.39 is 42.6 Å². The number of aliphatic hydroxyl groups is 4. The van der Waals surface area contributed by atoms with Gasteiger partial charge in [0.25, 0.3) is 11.8 Å². The van der Waals surface area contributed by atoms with Crippen LogP contribution in [-0.4, -0.2) is 223 Å². The number of rotatable bonds is 44. The average Bonchev–Trinajstić information content (AvgIpc) is 3.72. The van der Waals surface area contributed by atoms with Crippen molar-refractivity contribution in [2.75, 3.05) is 114 Å². The number of methoxy groups -OCH3 is 3. The Morgan fingerprint density at radius 3 is 1.47 bits per heavy atom. The second-order valence-electron chi connectivity index (χ2n) is 15.8. The van der Waals surface area contributed by atoms with Crippen LogP contribution in [0.15, 0.2) is 24.5 Å². The Hall–Kier alpha value is -4.71. The fourth-order valence-electron chi connectivity index (χ4n) is 5.55. The van der Waals surface area contributed by atoms with E-state index in [1.54, 1.807) is 0 Å². The van der Waals surface area contributed by atoms with Crippen LogP contribution < -0.4 is 16.0 Å². The van der Waals surface area contributed by atoms with Crippen LogP contribution in [0, 0.1) is 0 Å². The van der Waals surface area contributed by atoms with Gasteiger partial charge in [-0.2, -0.15) is 0 Å². The van der Waals surface area contributed by atoms with Crippen LogP contribution in [0.4, 0.5) is 0 Å². The maximum absolute atomic E-state index is 12.0. The molecule has 0 radical (unpaired) electrons. The van der Waals surface area contributed by atoms with Crippen LogP contribution in [0.3, 0.4) is 0 Å². The number of hydrogen-bond acceptors (Lipinski definition) is 21. The van der Waals surface area contributed by atoms with Crippen molar-refractivity contribution >= 4 is 41.5 Å². The van der Waals surface area contributed by atoms with Crippen molar-refractivity contribution in [1.82, 2.24) is 20.9 Å². The Balaban J connectivity index is 0. The first-order valence-electron chi connectivity index (χ1n) is 24.7. The Labute approximate surface area is 434 Å². The van der Waals surface area contributed by atoms with Gasteiger partial charge in [0.05, 0.1) is 76.9 Å². The minimum atomic E-state index is -0.945. The number of carbonyl (C=O) groups excluding carboxylic acids is 6. The molecule has 0 aromatic rings. The maximum Gasteiger partial charge on any atom is 0.305 e. The molecule has 1 aliphatic rings. The van der Waals surface area contributed by atoms with Crippen LogP contribution in [-0.2, 0) is 80.9 Å². The molecule has 0 aromatic heterocycles. The van der Waals surface area contributed by atoms with Gasteiger partial charge in [-0.1, -0.05) is 27.4 Å². The summed E-state index contributed by atoms with van der Waals surface area (Å²) in [6.45, 7) is 11.0. The molecule has 5 amide bonds. The van der Waals surface area contributed by atoms with Gasteiger partial charge < -0.3 is 88.9 Å². The highest BCUT2D eigenvalue weighted by atomic mass is 16.7. The molecule has 0 aromatic carbocycles. The lowest BCUT2D eigenvalue weighted by Gasteiger charge is -2.22. The van der Waals surface area contributed by atoms with E-state index in [1.807, 2.05) is 20.8 Å². The molecule has 8 N–H and O–H groups in total. The van der Waals surface area contributed by atoms with Crippen LogP contribution in [0.5, 0.6) is 0 Å². The maximum atomic E-state index is 12.0. The van der Waals surface area contributed by atoms with E-state index in [-0.39, 0.29) is 154 Å². The standard InChI is InChI=1S/C29H48N4O11.C12H22O7.C7H16O4/c1-4-23(20-34)44-29(40-3)21-43-22(2)6-5-7-24(35)30-12-13-31-26(37)11-16-41-18-19-42-17-14-32-25(36)10-15-33-27(38)8-9-28(33)39;1-3-9(7-13)19-12(17-2)8-18-11(16)6-4-5-10(14)15;1-3-6(4-8)11-7(5-9)10-2/h8-9,23,29,34H,2,4-7,10-21H2,1,3H3,(H,30,35)(H,31,37)(H,32,36);9,12-13H,3-8H2,1-2H3,(H,14,15);6-9H,3-5H2,1-2H3. The summed E-state index contributed by atoms with van der Waals surface area (Å²) in [5.74, 6) is -2.41. The molecule has 0 aliphatic carbocycles. The zero-order chi connectivity index (χ0) is 55.9. The minimum Gasteiger partial charge on any atom is -0.493 e. The van der Waals surface area contributed by atoms with Crippen LogP contribution in [0.1, 0.15) is 91.4 Å². The molecule has 0 saturated heterocycles. The van der Waals surface area contributed by atoms with Gasteiger partial charge in [-0.15, -0.1) is 0 Å². The molecule has 26 heteroatoms. The van der Waals surface area contributed by atoms with E-state index in [0.717, 1.165) is 4.90 Å². The largest absolute Gasteiger partial charge is 0.493 e. The number of nitrogens with one attached hydrogen (secondary N) is 3. The summed E-state index contributed by atoms with van der Waals surface area (Å²) in [6, 6.07) is 0. The summed E-state index contributed by atoms with van der Waals surface area (Å²) in [7, 11) is 4.35. The number of allylic oxidation sites excluding steroid dienone is 1. The van der Waals surface area contributed by atoms with Crippen LogP contribution in [0.25, 0.3) is 0 Å². The first kappa shape index (κ1) is 71.4. The molecule has 1 rings (SSSR count). The fraction of sp³-hybridized carbons (Fsp3) is 0.771. The predicted molar refractivity (Wildman–Crippen MR) is 263 cm³/mol. The second kappa shape index (κ2) is 48.0. The topological polar surface area (TPSA) is 352 Å². The van der Waals surface area contributed by atoms with Crippen LogP contribution in [0.2, 0.25) is 0 Å². The van der Waals surface area contributed by atoms with Crippen molar-refractivity contribution < 1.29 is 106 Å². The Morgan fingerprint density at radius 1 is 0.554 bits per heavy atom. The van der Waals surface area contributed by atoms with Gasteiger partial charge in [0, 0.05) is 98.2 Å². The highest BCUT2D eigenvalue weighted by Gasteiger charge is 2.24. The third-order valence-electron chi connectivity index (χ3n) is 10.0. The molecule has 26 nitrogen and oxygen atoms in total. The Bertz CT molecular complexity index is 1530. The number of ether oxygens (including phenoxy) is 10. The van der Waals surface area contributed by atoms with Gasteiger partial charge in [0.2, 0.25) is 17.7 Å². The van der Waals surface area contributed by atoms with E-state index in [4.69, 9.17) is 67.8 Å². The second-order valence-corrected chi connectivity index (χ2v) is 15.8. The normalized spacial score (nSPS) is 14.3. The number of aliphatic carboxylic acids is 1. The van der Waals surface area contributed by atoms with E-state index in [1.165, 1.54) is 33.5 Å². The van der Waals surface area contributed by atoms with Gasteiger partial charge in [0.15, 0.2) is 18.9 Å². The first-order chi connectivity index (χ1) is 35.5. The van der Waals surface area contributed by atoms with Crippen molar-refractivity contribution in [3.8, 4) is 0 Å².